The van der Waals surface area contributed by atoms with Gasteiger partial charge in [-0.1, -0.05) is 29.8 Å². The first-order chi connectivity index (χ1) is 10.1. The van der Waals surface area contributed by atoms with Crippen LogP contribution in [0.4, 0.5) is 0 Å². The van der Waals surface area contributed by atoms with Crippen LogP contribution in [0.2, 0.25) is 0 Å². The van der Waals surface area contributed by atoms with Crippen molar-refractivity contribution in [2.24, 2.45) is 5.92 Å². The maximum atomic E-state index is 11.4. The van der Waals surface area contributed by atoms with E-state index in [0.717, 1.165) is 28.9 Å². The summed E-state index contributed by atoms with van der Waals surface area (Å²) in [6.45, 7) is 6.56. The van der Waals surface area contributed by atoms with Gasteiger partial charge in [0.15, 0.2) is 0 Å². The zero-order chi connectivity index (χ0) is 15.2. The number of rotatable bonds is 6. The van der Waals surface area contributed by atoms with E-state index in [1.54, 1.807) is 0 Å². The highest BCUT2D eigenvalue weighted by Gasteiger charge is 2.11. The Balaban J connectivity index is 1.76. The Morgan fingerprint density at radius 2 is 2.19 bits per heavy atom. The smallest absolute Gasteiger partial charge is 0.222 e. The molecule has 1 amide bonds. The van der Waals surface area contributed by atoms with Crippen LogP contribution >= 0.6 is 15.9 Å². The highest BCUT2D eigenvalue weighted by Crippen LogP contribution is 2.28. The molecule has 1 aromatic carbocycles. The molecule has 0 bridgehead atoms. The van der Waals surface area contributed by atoms with E-state index in [9.17, 15) is 4.79 Å². The number of carbonyl (C=O) groups is 1. The number of benzene rings is 1. The standard InChI is InChI=1S/C16H21BrN2O2/c1-11(2)16(20)19-6-5-18-9-12-7-13-8-14(17)3-4-15(13)21-10-12/h3-4,7-8,11,18H,5-6,9-10H2,1-2H3,(H,19,20). The lowest BCUT2D eigenvalue weighted by Crippen LogP contribution is -2.35. The van der Waals surface area contributed by atoms with Crippen LogP contribution in [0.1, 0.15) is 19.4 Å². The molecule has 0 saturated carbocycles. The number of amides is 1. The van der Waals surface area contributed by atoms with Gasteiger partial charge in [0.1, 0.15) is 12.4 Å². The van der Waals surface area contributed by atoms with Crippen LogP contribution in [-0.4, -0.2) is 32.1 Å². The van der Waals surface area contributed by atoms with Crippen molar-refractivity contribution in [1.29, 1.82) is 0 Å². The first kappa shape index (κ1) is 16.0. The van der Waals surface area contributed by atoms with Gasteiger partial charge in [-0.2, -0.15) is 0 Å². The van der Waals surface area contributed by atoms with Crippen molar-refractivity contribution in [2.45, 2.75) is 13.8 Å². The molecule has 0 aromatic heterocycles. The Bertz CT molecular complexity index is 541. The SMILES string of the molecule is CC(C)C(=O)NCCNCC1=Cc2cc(Br)ccc2OC1. The van der Waals surface area contributed by atoms with E-state index in [4.69, 9.17) is 4.74 Å². The molecule has 0 fully saturated rings. The number of nitrogens with one attached hydrogen (secondary N) is 2. The van der Waals surface area contributed by atoms with Gasteiger partial charge in [-0.05, 0) is 29.8 Å². The molecule has 1 aliphatic heterocycles. The van der Waals surface area contributed by atoms with Gasteiger partial charge < -0.3 is 15.4 Å². The average Bonchev–Trinajstić information content (AvgIpc) is 2.46. The second kappa shape index (κ2) is 7.61. The minimum atomic E-state index is 0.0365. The van der Waals surface area contributed by atoms with Gasteiger partial charge in [0.2, 0.25) is 5.91 Å². The van der Waals surface area contributed by atoms with Crippen molar-refractivity contribution in [3.63, 3.8) is 0 Å². The molecule has 114 valence electrons. The number of hydrogen-bond acceptors (Lipinski definition) is 3. The van der Waals surface area contributed by atoms with Crippen molar-refractivity contribution in [3.8, 4) is 5.75 Å². The third-order valence-electron chi connectivity index (χ3n) is 3.22. The van der Waals surface area contributed by atoms with E-state index in [0.29, 0.717) is 13.2 Å². The van der Waals surface area contributed by atoms with Crippen molar-refractivity contribution >= 4 is 27.9 Å². The van der Waals surface area contributed by atoms with E-state index >= 15 is 0 Å². The number of fused-ring (bicyclic) bond motifs is 1. The molecule has 5 heteroatoms. The Labute approximate surface area is 134 Å². The lowest BCUT2D eigenvalue weighted by molar-refractivity contribution is -0.123. The van der Waals surface area contributed by atoms with Crippen LogP contribution in [0.3, 0.4) is 0 Å². The van der Waals surface area contributed by atoms with Crippen LogP contribution < -0.4 is 15.4 Å². The largest absolute Gasteiger partial charge is 0.489 e. The van der Waals surface area contributed by atoms with E-state index in [1.165, 1.54) is 5.57 Å². The molecule has 0 aliphatic carbocycles. The number of halogens is 1. The molecule has 0 spiro atoms. The maximum absolute atomic E-state index is 11.4. The van der Waals surface area contributed by atoms with Crippen LogP contribution in [0.25, 0.3) is 6.08 Å². The van der Waals surface area contributed by atoms with Gasteiger partial charge in [0.25, 0.3) is 0 Å². The fourth-order valence-electron chi connectivity index (χ4n) is 2.02. The Morgan fingerprint density at radius 1 is 1.38 bits per heavy atom. The predicted octanol–water partition coefficient (Wildman–Crippen LogP) is 2.59. The summed E-state index contributed by atoms with van der Waals surface area (Å²) in [6, 6.07) is 6.01. The Kier molecular flexibility index (Phi) is 5.82. The maximum Gasteiger partial charge on any atom is 0.222 e. The molecular formula is C16H21BrN2O2. The van der Waals surface area contributed by atoms with Crippen molar-refractivity contribution < 1.29 is 9.53 Å². The third-order valence-corrected chi connectivity index (χ3v) is 3.72. The fourth-order valence-corrected chi connectivity index (χ4v) is 2.40. The van der Waals surface area contributed by atoms with E-state index in [-0.39, 0.29) is 11.8 Å². The minimum Gasteiger partial charge on any atom is -0.489 e. The molecule has 21 heavy (non-hydrogen) atoms. The number of ether oxygens (including phenoxy) is 1. The van der Waals surface area contributed by atoms with Crippen LogP contribution in [0, 0.1) is 5.92 Å². The summed E-state index contributed by atoms with van der Waals surface area (Å²) >= 11 is 3.47. The Morgan fingerprint density at radius 3 is 2.95 bits per heavy atom. The second-order valence-electron chi connectivity index (χ2n) is 5.40. The highest BCUT2D eigenvalue weighted by atomic mass is 79.9. The lowest BCUT2D eigenvalue weighted by Gasteiger charge is -2.18. The molecule has 4 nitrogen and oxygen atoms in total. The number of carbonyl (C=O) groups excluding carboxylic acids is 1. The summed E-state index contributed by atoms with van der Waals surface area (Å²) in [5, 5.41) is 6.20. The normalized spacial score (nSPS) is 13.4. The molecule has 1 aliphatic rings. The molecule has 0 unspecified atom stereocenters. The van der Waals surface area contributed by atoms with Crippen molar-refractivity contribution in [3.05, 3.63) is 33.8 Å². The zero-order valence-electron chi connectivity index (χ0n) is 12.4. The summed E-state index contributed by atoms with van der Waals surface area (Å²) in [5.74, 6) is 1.05. The Hall–Kier alpha value is -1.33. The molecule has 2 rings (SSSR count). The fraction of sp³-hybridized carbons (Fsp3) is 0.438. The van der Waals surface area contributed by atoms with Gasteiger partial charge in [-0.25, -0.2) is 0 Å². The van der Waals surface area contributed by atoms with E-state index in [2.05, 4.69) is 38.7 Å². The molecule has 1 heterocycles. The van der Waals surface area contributed by atoms with Gasteiger partial charge >= 0.3 is 0 Å². The monoisotopic (exact) mass is 352 g/mol. The van der Waals surface area contributed by atoms with Crippen LogP contribution in [0.5, 0.6) is 5.75 Å². The predicted molar refractivity (Wildman–Crippen MR) is 88.3 cm³/mol. The minimum absolute atomic E-state index is 0.0365. The summed E-state index contributed by atoms with van der Waals surface area (Å²) in [7, 11) is 0. The first-order valence-corrected chi connectivity index (χ1v) is 7.96. The van der Waals surface area contributed by atoms with Gasteiger partial charge in [-0.15, -0.1) is 0 Å². The molecular weight excluding hydrogens is 332 g/mol. The van der Waals surface area contributed by atoms with Crippen molar-refractivity contribution in [2.75, 3.05) is 26.2 Å². The lowest BCUT2D eigenvalue weighted by atomic mass is 10.1. The van der Waals surface area contributed by atoms with E-state index < -0.39 is 0 Å². The number of hydrogen-bond donors (Lipinski definition) is 2. The summed E-state index contributed by atoms with van der Waals surface area (Å²) in [6.07, 6.45) is 2.16. The highest BCUT2D eigenvalue weighted by molar-refractivity contribution is 9.10. The van der Waals surface area contributed by atoms with E-state index in [1.807, 2.05) is 26.0 Å². The van der Waals surface area contributed by atoms with Crippen LogP contribution in [-0.2, 0) is 4.79 Å². The van der Waals surface area contributed by atoms with Gasteiger partial charge in [-0.3, -0.25) is 4.79 Å². The topological polar surface area (TPSA) is 50.4 Å². The first-order valence-electron chi connectivity index (χ1n) is 7.16. The quantitative estimate of drug-likeness (QED) is 0.773. The second-order valence-corrected chi connectivity index (χ2v) is 6.31. The van der Waals surface area contributed by atoms with Gasteiger partial charge in [0, 0.05) is 35.6 Å². The molecule has 0 atom stereocenters. The average molecular weight is 353 g/mol. The summed E-state index contributed by atoms with van der Waals surface area (Å²) in [4.78, 5) is 11.4. The summed E-state index contributed by atoms with van der Waals surface area (Å²) in [5.41, 5.74) is 2.30. The van der Waals surface area contributed by atoms with Crippen LogP contribution in [0.15, 0.2) is 28.2 Å². The van der Waals surface area contributed by atoms with Crippen molar-refractivity contribution in [1.82, 2.24) is 10.6 Å². The molecule has 0 saturated heterocycles. The van der Waals surface area contributed by atoms with Gasteiger partial charge in [0.05, 0.1) is 0 Å². The summed E-state index contributed by atoms with van der Waals surface area (Å²) < 4.78 is 6.77. The molecule has 2 N–H and O–H groups in total. The molecule has 1 aromatic rings. The zero-order valence-corrected chi connectivity index (χ0v) is 14.0. The third kappa shape index (κ3) is 4.86. The molecule has 0 radical (unpaired) electrons.